The van der Waals surface area contributed by atoms with Gasteiger partial charge in [0.15, 0.2) is 0 Å². The van der Waals surface area contributed by atoms with E-state index in [2.05, 4.69) is 10.4 Å². The standard InChI is InChI=1S/C12H20ClN3O3/c1-3-4-5-16-11(18)10(13)9(6-15-16)14-7-12(2,19)8-17/h6,14,17,19H,3-5,7-8H2,1-2H3. The Balaban J connectivity index is 2.82. The van der Waals surface area contributed by atoms with E-state index in [1.165, 1.54) is 17.8 Å². The Labute approximate surface area is 117 Å². The van der Waals surface area contributed by atoms with Crippen molar-refractivity contribution in [3.8, 4) is 0 Å². The molecule has 1 rings (SSSR count). The highest BCUT2D eigenvalue weighted by Gasteiger charge is 2.19. The van der Waals surface area contributed by atoms with Crippen molar-refractivity contribution in [2.45, 2.75) is 38.8 Å². The van der Waals surface area contributed by atoms with Gasteiger partial charge >= 0.3 is 0 Å². The number of nitrogens with zero attached hydrogens (tertiary/aromatic N) is 2. The van der Waals surface area contributed by atoms with E-state index in [4.69, 9.17) is 16.7 Å². The van der Waals surface area contributed by atoms with Crippen LogP contribution < -0.4 is 10.9 Å². The van der Waals surface area contributed by atoms with Crippen LogP contribution in [-0.2, 0) is 6.54 Å². The third-order valence-corrected chi connectivity index (χ3v) is 3.07. The first-order valence-electron chi connectivity index (χ1n) is 6.24. The van der Waals surface area contributed by atoms with Gasteiger partial charge in [-0.1, -0.05) is 24.9 Å². The zero-order valence-corrected chi connectivity index (χ0v) is 11.9. The van der Waals surface area contributed by atoms with E-state index >= 15 is 0 Å². The number of hydrogen-bond donors (Lipinski definition) is 3. The first-order valence-corrected chi connectivity index (χ1v) is 6.62. The van der Waals surface area contributed by atoms with E-state index in [0.29, 0.717) is 12.2 Å². The van der Waals surface area contributed by atoms with E-state index in [1.807, 2.05) is 6.92 Å². The molecular formula is C12H20ClN3O3. The van der Waals surface area contributed by atoms with Gasteiger partial charge in [0.1, 0.15) is 10.6 Å². The number of anilines is 1. The van der Waals surface area contributed by atoms with Crippen LogP contribution in [0.25, 0.3) is 0 Å². The SMILES string of the molecule is CCCCn1ncc(NCC(C)(O)CO)c(Cl)c1=O. The Hall–Kier alpha value is -1.11. The number of aryl methyl sites for hydroxylation is 1. The smallest absolute Gasteiger partial charge is 0.287 e. The third-order valence-electron chi connectivity index (χ3n) is 2.71. The summed E-state index contributed by atoms with van der Waals surface area (Å²) in [5.74, 6) is 0. The number of halogens is 1. The first kappa shape index (κ1) is 15.9. The van der Waals surface area contributed by atoms with Gasteiger partial charge in [-0.2, -0.15) is 5.10 Å². The molecule has 1 aromatic rings. The molecule has 7 heteroatoms. The van der Waals surface area contributed by atoms with Crippen LogP contribution >= 0.6 is 11.6 Å². The van der Waals surface area contributed by atoms with E-state index in [-0.39, 0.29) is 17.1 Å². The van der Waals surface area contributed by atoms with E-state index in [1.54, 1.807) is 0 Å². The summed E-state index contributed by atoms with van der Waals surface area (Å²) in [5.41, 5.74) is -1.28. The Morgan fingerprint density at radius 1 is 1.58 bits per heavy atom. The van der Waals surface area contributed by atoms with E-state index < -0.39 is 12.2 Å². The molecule has 6 nitrogen and oxygen atoms in total. The first-order chi connectivity index (χ1) is 8.91. The monoisotopic (exact) mass is 289 g/mol. The maximum atomic E-state index is 11.9. The highest BCUT2D eigenvalue weighted by molar-refractivity contribution is 6.32. The summed E-state index contributed by atoms with van der Waals surface area (Å²) in [6.07, 6.45) is 3.27. The van der Waals surface area contributed by atoms with Gasteiger partial charge in [-0.3, -0.25) is 4.79 Å². The number of aliphatic hydroxyl groups is 2. The predicted octanol–water partition coefficient (Wildman–Crippen LogP) is 0.852. The molecule has 0 spiro atoms. The minimum atomic E-state index is -1.28. The molecule has 0 aliphatic rings. The van der Waals surface area contributed by atoms with Crippen molar-refractivity contribution in [1.29, 1.82) is 0 Å². The van der Waals surface area contributed by atoms with Crippen LogP contribution in [-0.4, -0.2) is 38.7 Å². The molecule has 0 saturated carbocycles. The minimum absolute atomic E-state index is 0.0415. The number of hydrogen-bond acceptors (Lipinski definition) is 5. The van der Waals surface area contributed by atoms with Gasteiger partial charge in [0.25, 0.3) is 5.56 Å². The summed E-state index contributed by atoms with van der Waals surface area (Å²) in [5, 5.41) is 25.5. The van der Waals surface area contributed by atoms with Crippen LogP contribution in [0.2, 0.25) is 5.02 Å². The number of aliphatic hydroxyl groups excluding tert-OH is 1. The van der Waals surface area contributed by atoms with Gasteiger partial charge in [-0.25, -0.2) is 4.68 Å². The van der Waals surface area contributed by atoms with Crippen LogP contribution in [0.5, 0.6) is 0 Å². The summed E-state index contributed by atoms with van der Waals surface area (Å²) in [7, 11) is 0. The lowest BCUT2D eigenvalue weighted by atomic mass is 10.1. The Kier molecular flexibility index (Phi) is 5.78. The number of unbranched alkanes of at least 4 members (excludes halogenated alkanes) is 1. The second-order valence-electron chi connectivity index (χ2n) is 4.76. The Morgan fingerprint density at radius 3 is 2.84 bits per heavy atom. The maximum absolute atomic E-state index is 11.9. The van der Waals surface area contributed by atoms with E-state index in [0.717, 1.165) is 12.8 Å². The molecule has 0 amide bonds. The molecule has 19 heavy (non-hydrogen) atoms. The van der Waals surface area contributed by atoms with Gasteiger partial charge in [-0.15, -0.1) is 0 Å². The molecule has 108 valence electrons. The fourth-order valence-corrected chi connectivity index (χ4v) is 1.61. The van der Waals surface area contributed by atoms with Gasteiger partial charge in [0.05, 0.1) is 18.5 Å². The molecule has 0 bridgehead atoms. The molecule has 0 saturated heterocycles. The average molecular weight is 290 g/mol. The fraction of sp³-hybridized carbons (Fsp3) is 0.667. The number of nitrogens with one attached hydrogen (secondary N) is 1. The lowest BCUT2D eigenvalue weighted by Crippen LogP contribution is -2.37. The zero-order chi connectivity index (χ0) is 14.5. The van der Waals surface area contributed by atoms with Crippen LogP contribution in [0.1, 0.15) is 26.7 Å². The summed E-state index contributed by atoms with van der Waals surface area (Å²) < 4.78 is 1.32. The van der Waals surface area contributed by atoms with Crippen molar-refractivity contribution in [3.63, 3.8) is 0 Å². The molecule has 0 fully saturated rings. The summed E-state index contributed by atoms with van der Waals surface area (Å²) in [4.78, 5) is 11.9. The van der Waals surface area contributed by atoms with Crippen LogP contribution in [0, 0.1) is 0 Å². The molecule has 0 radical (unpaired) electrons. The quantitative estimate of drug-likeness (QED) is 0.693. The van der Waals surface area contributed by atoms with Crippen molar-refractivity contribution in [3.05, 3.63) is 21.6 Å². The van der Waals surface area contributed by atoms with Crippen LogP contribution in [0.15, 0.2) is 11.0 Å². The van der Waals surface area contributed by atoms with Crippen LogP contribution in [0.4, 0.5) is 5.69 Å². The molecule has 1 atom stereocenters. The summed E-state index contributed by atoms with van der Waals surface area (Å²) in [6, 6.07) is 0. The van der Waals surface area contributed by atoms with Gasteiger partial charge < -0.3 is 15.5 Å². The lowest BCUT2D eigenvalue weighted by Gasteiger charge is -2.21. The van der Waals surface area contributed by atoms with E-state index in [9.17, 15) is 9.90 Å². The maximum Gasteiger partial charge on any atom is 0.287 e. The molecule has 1 aromatic heterocycles. The predicted molar refractivity (Wildman–Crippen MR) is 74.6 cm³/mol. The topological polar surface area (TPSA) is 87.4 Å². The average Bonchev–Trinajstić information content (AvgIpc) is 2.39. The Bertz CT molecular complexity index is 474. The van der Waals surface area contributed by atoms with Crippen LogP contribution in [0.3, 0.4) is 0 Å². The fourth-order valence-electron chi connectivity index (χ4n) is 1.40. The third kappa shape index (κ3) is 4.49. The Morgan fingerprint density at radius 2 is 2.26 bits per heavy atom. The molecule has 0 aliphatic heterocycles. The molecule has 1 unspecified atom stereocenters. The van der Waals surface area contributed by atoms with Crippen molar-refractivity contribution in [1.82, 2.24) is 9.78 Å². The molecule has 0 aromatic carbocycles. The van der Waals surface area contributed by atoms with Gasteiger partial charge in [-0.05, 0) is 13.3 Å². The lowest BCUT2D eigenvalue weighted by molar-refractivity contribution is 0.0132. The largest absolute Gasteiger partial charge is 0.393 e. The van der Waals surface area contributed by atoms with Crippen molar-refractivity contribution >= 4 is 17.3 Å². The summed E-state index contributed by atoms with van der Waals surface area (Å²) >= 11 is 5.97. The van der Waals surface area contributed by atoms with Gasteiger partial charge in [0, 0.05) is 13.1 Å². The van der Waals surface area contributed by atoms with Crippen molar-refractivity contribution in [2.24, 2.45) is 0 Å². The zero-order valence-electron chi connectivity index (χ0n) is 11.2. The normalized spacial score (nSPS) is 14.2. The number of rotatable bonds is 7. The molecule has 3 N–H and O–H groups in total. The van der Waals surface area contributed by atoms with Crippen molar-refractivity contribution < 1.29 is 10.2 Å². The van der Waals surface area contributed by atoms with Gasteiger partial charge in [0.2, 0.25) is 0 Å². The summed E-state index contributed by atoms with van der Waals surface area (Å²) in [6.45, 7) is 3.72. The number of aromatic nitrogens is 2. The van der Waals surface area contributed by atoms with Crippen molar-refractivity contribution in [2.75, 3.05) is 18.5 Å². The minimum Gasteiger partial charge on any atom is -0.393 e. The highest BCUT2D eigenvalue weighted by atomic mass is 35.5. The second kappa shape index (κ2) is 6.88. The molecular weight excluding hydrogens is 270 g/mol. The molecule has 1 heterocycles. The highest BCUT2D eigenvalue weighted by Crippen LogP contribution is 2.16. The second-order valence-corrected chi connectivity index (χ2v) is 5.14. The molecule has 0 aliphatic carbocycles.